The molecule has 8 heteroatoms. The molecule has 0 fully saturated rings. The van der Waals surface area contributed by atoms with Gasteiger partial charge in [-0.1, -0.05) is 13.8 Å². The molecule has 0 unspecified atom stereocenters. The molecule has 0 aliphatic rings. The molecule has 0 aliphatic heterocycles. The van der Waals surface area contributed by atoms with Crippen LogP contribution in [0.1, 0.15) is 26.7 Å². The van der Waals surface area contributed by atoms with Crippen LogP contribution in [0.3, 0.4) is 0 Å². The Morgan fingerprint density at radius 3 is 2.07 bits per heavy atom. The van der Waals surface area contributed by atoms with Gasteiger partial charge in [-0.3, -0.25) is 9.59 Å². The molecule has 0 aromatic rings. The maximum absolute atomic E-state index is 10.9. The highest BCUT2D eigenvalue weighted by molar-refractivity contribution is 7.85. The van der Waals surface area contributed by atoms with Crippen molar-refractivity contribution in [1.29, 1.82) is 0 Å². The smallest absolute Gasteiger partial charge is 0.274 e. The summed E-state index contributed by atoms with van der Waals surface area (Å²) in [7, 11) is -4.23. The number of amides is 2. The standard InChI is InChI=1S/C6H12N2O5S/c1-3-5(9)7-13-14(11,12)8-6(10)4-2/h3-4H2,1-2H3,(H,7,9)(H,8,10). The lowest BCUT2D eigenvalue weighted by molar-refractivity contribution is -0.127. The van der Waals surface area contributed by atoms with Crippen molar-refractivity contribution >= 4 is 22.1 Å². The molecule has 0 saturated heterocycles. The van der Waals surface area contributed by atoms with Gasteiger partial charge in [-0.15, -0.1) is 4.28 Å². The summed E-state index contributed by atoms with van der Waals surface area (Å²) in [5.74, 6) is -1.31. The van der Waals surface area contributed by atoms with E-state index >= 15 is 0 Å². The number of carbonyl (C=O) groups is 2. The van der Waals surface area contributed by atoms with Crippen LogP contribution in [0.4, 0.5) is 0 Å². The van der Waals surface area contributed by atoms with Crippen molar-refractivity contribution in [2.45, 2.75) is 26.7 Å². The quantitative estimate of drug-likeness (QED) is 0.596. The van der Waals surface area contributed by atoms with Crippen LogP contribution in [0.2, 0.25) is 0 Å². The number of hydrogen-bond donors (Lipinski definition) is 2. The lowest BCUT2D eigenvalue weighted by Crippen LogP contribution is -2.37. The molecule has 7 nitrogen and oxygen atoms in total. The van der Waals surface area contributed by atoms with Gasteiger partial charge >= 0.3 is 10.3 Å². The van der Waals surface area contributed by atoms with Crippen LogP contribution in [-0.4, -0.2) is 20.2 Å². The zero-order chi connectivity index (χ0) is 11.2. The molecule has 0 bridgehead atoms. The molecule has 0 atom stereocenters. The third-order valence-electron chi connectivity index (χ3n) is 1.15. The van der Waals surface area contributed by atoms with Crippen molar-refractivity contribution in [3.8, 4) is 0 Å². The van der Waals surface area contributed by atoms with E-state index in [-0.39, 0.29) is 12.8 Å². The summed E-state index contributed by atoms with van der Waals surface area (Å²) in [6, 6.07) is 0. The topological polar surface area (TPSA) is 102 Å². The predicted molar refractivity (Wildman–Crippen MR) is 46.9 cm³/mol. The molecule has 2 amide bonds. The average Bonchev–Trinajstić information content (AvgIpc) is 2.13. The fourth-order valence-electron chi connectivity index (χ4n) is 0.406. The Morgan fingerprint density at radius 1 is 1.14 bits per heavy atom. The van der Waals surface area contributed by atoms with Crippen molar-refractivity contribution in [1.82, 2.24) is 10.2 Å². The molecule has 2 N–H and O–H groups in total. The second-order valence-electron chi connectivity index (χ2n) is 2.30. The molecule has 0 saturated carbocycles. The molecule has 0 rings (SSSR count). The monoisotopic (exact) mass is 224 g/mol. The van der Waals surface area contributed by atoms with Gasteiger partial charge in [0.05, 0.1) is 0 Å². The lowest BCUT2D eigenvalue weighted by Gasteiger charge is -2.05. The summed E-state index contributed by atoms with van der Waals surface area (Å²) < 4.78 is 27.3. The Balaban J connectivity index is 4.09. The van der Waals surface area contributed by atoms with Crippen LogP contribution in [0.15, 0.2) is 0 Å². The molecule has 0 aliphatic carbocycles. The second kappa shape index (κ2) is 5.55. The van der Waals surface area contributed by atoms with E-state index < -0.39 is 22.1 Å². The first-order chi connectivity index (χ1) is 6.41. The molecule has 0 aromatic heterocycles. The average molecular weight is 224 g/mol. The summed E-state index contributed by atoms with van der Waals surface area (Å²) in [4.78, 5) is 21.3. The SMILES string of the molecule is CCC(=O)NOS(=O)(=O)NC(=O)CC. The molecule has 82 valence electrons. The van der Waals surface area contributed by atoms with Crippen LogP contribution in [0, 0.1) is 0 Å². The third-order valence-corrected chi connectivity index (χ3v) is 1.93. The van der Waals surface area contributed by atoms with Gasteiger partial charge in [0, 0.05) is 12.8 Å². The summed E-state index contributed by atoms with van der Waals surface area (Å²) in [6.07, 6.45) is 0.0849. The highest BCUT2D eigenvalue weighted by Gasteiger charge is 2.15. The molecular weight excluding hydrogens is 212 g/mol. The zero-order valence-electron chi connectivity index (χ0n) is 7.86. The van der Waals surface area contributed by atoms with Gasteiger partial charge in [0.2, 0.25) is 11.8 Å². The van der Waals surface area contributed by atoms with Crippen LogP contribution < -0.4 is 10.2 Å². The Bertz CT molecular complexity index is 310. The minimum absolute atomic E-state index is 0.00428. The van der Waals surface area contributed by atoms with Gasteiger partial charge in [-0.25, -0.2) is 10.2 Å². The first-order valence-corrected chi connectivity index (χ1v) is 5.35. The van der Waals surface area contributed by atoms with Crippen LogP contribution in [0.25, 0.3) is 0 Å². The van der Waals surface area contributed by atoms with Gasteiger partial charge < -0.3 is 0 Å². The molecule has 0 spiro atoms. The van der Waals surface area contributed by atoms with E-state index in [2.05, 4.69) is 4.28 Å². The minimum atomic E-state index is -4.23. The van der Waals surface area contributed by atoms with Crippen molar-refractivity contribution in [2.75, 3.05) is 0 Å². The maximum atomic E-state index is 10.9. The molecule has 0 radical (unpaired) electrons. The van der Waals surface area contributed by atoms with E-state index in [0.29, 0.717) is 0 Å². The summed E-state index contributed by atoms with van der Waals surface area (Å²) in [5.41, 5.74) is 1.66. The van der Waals surface area contributed by atoms with E-state index in [4.69, 9.17) is 0 Å². The van der Waals surface area contributed by atoms with Gasteiger partial charge in [0.15, 0.2) is 0 Å². The first-order valence-electron chi connectivity index (χ1n) is 3.94. The van der Waals surface area contributed by atoms with E-state index in [0.717, 1.165) is 0 Å². The maximum Gasteiger partial charge on any atom is 0.383 e. The van der Waals surface area contributed by atoms with Gasteiger partial charge in [-0.05, 0) is 0 Å². The summed E-state index contributed by atoms with van der Waals surface area (Å²) in [6.45, 7) is 3.01. The van der Waals surface area contributed by atoms with E-state index in [1.807, 2.05) is 0 Å². The summed E-state index contributed by atoms with van der Waals surface area (Å²) >= 11 is 0. The Hall–Kier alpha value is -1.15. The molecule has 14 heavy (non-hydrogen) atoms. The zero-order valence-corrected chi connectivity index (χ0v) is 8.68. The fourth-order valence-corrected chi connectivity index (χ4v) is 1.07. The van der Waals surface area contributed by atoms with E-state index in [1.54, 1.807) is 10.2 Å². The van der Waals surface area contributed by atoms with Gasteiger partial charge in [0.1, 0.15) is 0 Å². The van der Waals surface area contributed by atoms with Gasteiger partial charge in [0.25, 0.3) is 0 Å². The number of hydrogen-bond acceptors (Lipinski definition) is 5. The van der Waals surface area contributed by atoms with Crippen molar-refractivity contribution in [3.05, 3.63) is 0 Å². The normalized spacial score (nSPS) is 10.7. The molecule has 0 heterocycles. The Kier molecular flexibility index (Phi) is 5.10. The van der Waals surface area contributed by atoms with Crippen LogP contribution in [-0.2, 0) is 24.2 Å². The Morgan fingerprint density at radius 2 is 1.64 bits per heavy atom. The highest BCUT2D eigenvalue weighted by atomic mass is 32.2. The third kappa shape index (κ3) is 5.49. The largest absolute Gasteiger partial charge is 0.383 e. The number of nitrogens with one attached hydrogen (secondary N) is 2. The number of carbonyl (C=O) groups excluding carboxylic acids is 2. The second-order valence-corrected chi connectivity index (χ2v) is 3.57. The molecule has 0 aromatic carbocycles. The summed E-state index contributed by atoms with van der Waals surface area (Å²) in [5, 5.41) is 0. The van der Waals surface area contributed by atoms with Crippen LogP contribution >= 0.6 is 0 Å². The number of hydroxylamine groups is 1. The van der Waals surface area contributed by atoms with Gasteiger partial charge in [-0.2, -0.15) is 8.42 Å². The Labute approximate surface area is 82.0 Å². The van der Waals surface area contributed by atoms with E-state index in [9.17, 15) is 18.0 Å². The number of rotatable bonds is 5. The van der Waals surface area contributed by atoms with E-state index in [1.165, 1.54) is 13.8 Å². The van der Waals surface area contributed by atoms with Crippen molar-refractivity contribution in [2.24, 2.45) is 0 Å². The predicted octanol–water partition coefficient (Wildman–Crippen LogP) is -0.785. The van der Waals surface area contributed by atoms with Crippen molar-refractivity contribution < 1.29 is 22.3 Å². The highest BCUT2D eigenvalue weighted by Crippen LogP contribution is 1.87. The first kappa shape index (κ1) is 12.8. The minimum Gasteiger partial charge on any atom is -0.274 e. The van der Waals surface area contributed by atoms with Crippen molar-refractivity contribution in [3.63, 3.8) is 0 Å². The fraction of sp³-hybridized carbons (Fsp3) is 0.667. The van der Waals surface area contributed by atoms with Crippen LogP contribution in [0.5, 0.6) is 0 Å². The molecular formula is C6H12N2O5S. The lowest BCUT2D eigenvalue weighted by atomic mass is 10.5.